The number of hydrogen-bond donors (Lipinski definition) is 1. The number of anilines is 1. The quantitative estimate of drug-likeness (QED) is 0.930. The number of nitrogens with zero attached hydrogens (tertiary/aromatic N) is 3. The molecule has 0 aromatic carbocycles. The highest BCUT2D eigenvalue weighted by Gasteiger charge is 2.32. The maximum Gasteiger partial charge on any atom is 0.151 e. The van der Waals surface area contributed by atoms with Gasteiger partial charge in [0.05, 0.1) is 5.69 Å². The summed E-state index contributed by atoms with van der Waals surface area (Å²) in [6.45, 7) is 5.24. The highest BCUT2D eigenvalue weighted by molar-refractivity contribution is 5.57. The van der Waals surface area contributed by atoms with Gasteiger partial charge in [-0.2, -0.15) is 0 Å². The van der Waals surface area contributed by atoms with E-state index in [0.717, 1.165) is 17.9 Å². The van der Waals surface area contributed by atoms with Gasteiger partial charge in [-0.1, -0.05) is 13.0 Å². The molecule has 2 unspecified atom stereocenters. The molecule has 20 heavy (non-hydrogen) atoms. The maximum atomic E-state index is 5.82. The van der Waals surface area contributed by atoms with E-state index in [4.69, 9.17) is 10.7 Å². The molecule has 2 N–H and O–H groups in total. The lowest BCUT2D eigenvalue weighted by Gasteiger charge is -2.29. The Balaban J connectivity index is 2.12. The van der Waals surface area contributed by atoms with E-state index in [9.17, 15) is 0 Å². The van der Waals surface area contributed by atoms with Crippen molar-refractivity contribution in [3.05, 3.63) is 30.1 Å². The van der Waals surface area contributed by atoms with Crippen molar-refractivity contribution in [3.63, 3.8) is 0 Å². The lowest BCUT2D eigenvalue weighted by molar-refractivity contribution is 0.619. The summed E-state index contributed by atoms with van der Waals surface area (Å²) < 4.78 is 2.19. The van der Waals surface area contributed by atoms with Crippen molar-refractivity contribution < 1.29 is 0 Å². The normalized spacial score (nSPS) is 22.9. The molecule has 4 heteroatoms. The molecule has 1 aliphatic rings. The summed E-state index contributed by atoms with van der Waals surface area (Å²) in [6, 6.07) is 7.37. The molecule has 1 fully saturated rings. The second-order valence-corrected chi connectivity index (χ2v) is 5.75. The average Bonchev–Trinajstić information content (AvgIpc) is 3.00. The van der Waals surface area contributed by atoms with Crippen LogP contribution in [-0.4, -0.2) is 28.0 Å². The fourth-order valence-corrected chi connectivity index (χ4v) is 3.46. The Kier molecular flexibility index (Phi) is 3.66. The molecule has 0 bridgehead atoms. The fourth-order valence-electron chi connectivity index (χ4n) is 3.46. The van der Waals surface area contributed by atoms with E-state index in [1.54, 1.807) is 0 Å². The van der Waals surface area contributed by atoms with Crippen LogP contribution in [0.1, 0.15) is 38.8 Å². The minimum atomic E-state index is 0.571. The van der Waals surface area contributed by atoms with Gasteiger partial charge in [-0.15, -0.1) is 0 Å². The van der Waals surface area contributed by atoms with Gasteiger partial charge in [0.2, 0.25) is 0 Å². The molecule has 3 heterocycles. The van der Waals surface area contributed by atoms with Crippen LogP contribution in [0.15, 0.2) is 24.4 Å². The Morgan fingerprint density at radius 1 is 1.35 bits per heavy atom. The van der Waals surface area contributed by atoms with Gasteiger partial charge in [0.1, 0.15) is 5.65 Å². The zero-order valence-corrected chi connectivity index (χ0v) is 12.4. The van der Waals surface area contributed by atoms with Crippen molar-refractivity contribution in [1.29, 1.82) is 0 Å². The summed E-state index contributed by atoms with van der Waals surface area (Å²) in [6.07, 6.45) is 6.68. The highest BCUT2D eigenvalue weighted by atomic mass is 15.3. The molecule has 1 saturated heterocycles. The number of nitrogens with two attached hydrogens (primary N) is 1. The van der Waals surface area contributed by atoms with Crippen molar-refractivity contribution in [2.45, 2.75) is 51.6 Å². The second-order valence-electron chi connectivity index (χ2n) is 5.75. The van der Waals surface area contributed by atoms with Crippen molar-refractivity contribution in [2.75, 3.05) is 11.4 Å². The third-order valence-electron chi connectivity index (χ3n) is 4.49. The van der Waals surface area contributed by atoms with Gasteiger partial charge < -0.3 is 15.0 Å². The first kappa shape index (κ1) is 13.4. The average molecular weight is 272 g/mol. The Hall–Kier alpha value is -1.55. The summed E-state index contributed by atoms with van der Waals surface area (Å²) in [5.41, 5.74) is 8.11. The standard InChI is InChI=1S/C16H24N4/c1-3-13-8-7-12(2)20(13)16-14(9-10-17)19-11-5-4-6-15(19)18-16/h4-6,11-13H,3,7-10,17H2,1-2H3. The molecule has 3 rings (SSSR count). The molecule has 0 amide bonds. The first-order chi connectivity index (χ1) is 9.76. The number of fused-ring (bicyclic) bond motifs is 1. The number of pyridine rings is 1. The lowest BCUT2D eigenvalue weighted by atomic mass is 10.1. The van der Waals surface area contributed by atoms with Gasteiger partial charge in [0, 0.05) is 24.7 Å². The Labute approximate surface area is 120 Å². The number of rotatable bonds is 4. The second kappa shape index (κ2) is 5.44. The van der Waals surface area contributed by atoms with Crippen molar-refractivity contribution >= 4 is 11.5 Å². The molecule has 0 aliphatic carbocycles. The molecule has 2 aromatic rings. The van der Waals surface area contributed by atoms with Crippen LogP contribution in [0.25, 0.3) is 5.65 Å². The zero-order valence-electron chi connectivity index (χ0n) is 12.4. The van der Waals surface area contributed by atoms with E-state index in [1.807, 2.05) is 6.07 Å². The Morgan fingerprint density at radius 3 is 2.95 bits per heavy atom. The molecular formula is C16H24N4. The van der Waals surface area contributed by atoms with Crippen molar-refractivity contribution in [2.24, 2.45) is 5.73 Å². The first-order valence-electron chi connectivity index (χ1n) is 7.70. The van der Waals surface area contributed by atoms with Gasteiger partial charge in [-0.05, 0) is 44.9 Å². The van der Waals surface area contributed by atoms with E-state index in [-0.39, 0.29) is 0 Å². The van der Waals surface area contributed by atoms with E-state index >= 15 is 0 Å². The summed E-state index contributed by atoms with van der Waals surface area (Å²) in [5.74, 6) is 1.15. The molecule has 2 atom stereocenters. The van der Waals surface area contributed by atoms with Gasteiger partial charge in [0.25, 0.3) is 0 Å². The van der Waals surface area contributed by atoms with Crippen LogP contribution in [0.4, 0.5) is 5.82 Å². The van der Waals surface area contributed by atoms with Crippen LogP contribution in [0, 0.1) is 0 Å². The largest absolute Gasteiger partial charge is 0.349 e. The fraction of sp³-hybridized carbons (Fsp3) is 0.562. The highest BCUT2D eigenvalue weighted by Crippen LogP contribution is 2.34. The van der Waals surface area contributed by atoms with E-state index in [0.29, 0.717) is 18.6 Å². The Morgan fingerprint density at radius 2 is 2.20 bits per heavy atom. The van der Waals surface area contributed by atoms with E-state index in [1.165, 1.54) is 25.0 Å². The van der Waals surface area contributed by atoms with Crippen LogP contribution in [0.2, 0.25) is 0 Å². The van der Waals surface area contributed by atoms with Crippen molar-refractivity contribution in [1.82, 2.24) is 9.38 Å². The van der Waals surface area contributed by atoms with Crippen LogP contribution >= 0.6 is 0 Å². The molecule has 1 aliphatic heterocycles. The summed E-state index contributed by atoms with van der Waals surface area (Å²) in [4.78, 5) is 7.42. The number of hydrogen-bond acceptors (Lipinski definition) is 3. The zero-order chi connectivity index (χ0) is 14.1. The Bertz CT molecular complexity index is 589. The van der Waals surface area contributed by atoms with Crippen LogP contribution in [-0.2, 0) is 6.42 Å². The minimum Gasteiger partial charge on any atom is -0.349 e. The third-order valence-corrected chi connectivity index (χ3v) is 4.49. The summed E-state index contributed by atoms with van der Waals surface area (Å²) in [5, 5.41) is 0. The van der Waals surface area contributed by atoms with E-state index < -0.39 is 0 Å². The molecular weight excluding hydrogens is 248 g/mol. The predicted octanol–water partition coefficient (Wildman–Crippen LogP) is 2.60. The summed E-state index contributed by atoms with van der Waals surface area (Å²) in [7, 11) is 0. The van der Waals surface area contributed by atoms with Crippen molar-refractivity contribution in [3.8, 4) is 0 Å². The third kappa shape index (κ3) is 2.08. The van der Waals surface area contributed by atoms with Crippen LogP contribution in [0.5, 0.6) is 0 Å². The lowest BCUT2D eigenvalue weighted by Crippen LogP contribution is -2.35. The molecule has 0 radical (unpaired) electrons. The molecule has 4 nitrogen and oxygen atoms in total. The smallest absolute Gasteiger partial charge is 0.151 e. The number of imidazole rings is 1. The topological polar surface area (TPSA) is 46.6 Å². The molecule has 108 valence electrons. The van der Waals surface area contributed by atoms with Gasteiger partial charge in [-0.3, -0.25) is 0 Å². The molecule has 0 spiro atoms. The minimum absolute atomic E-state index is 0.571. The first-order valence-corrected chi connectivity index (χ1v) is 7.70. The monoisotopic (exact) mass is 272 g/mol. The van der Waals surface area contributed by atoms with Crippen LogP contribution < -0.4 is 10.6 Å². The number of aromatic nitrogens is 2. The summed E-state index contributed by atoms with van der Waals surface area (Å²) >= 11 is 0. The van der Waals surface area contributed by atoms with Crippen LogP contribution in [0.3, 0.4) is 0 Å². The maximum absolute atomic E-state index is 5.82. The van der Waals surface area contributed by atoms with Gasteiger partial charge in [-0.25, -0.2) is 4.98 Å². The van der Waals surface area contributed by atoms with E-state index in [2.05, 4.69) is 41.5 Å². The predicted molar refractivity (Wildman–Crippen MR) is 83.2 cm³/mol. The van der Waals surface area contributed by atoms with Gasteiger partial charge in [0.15, 0.2) is 5.82 Å². The van der Waals surface area contributed by atoms with Gasteiger partial charge >= 0.3 is 0 Å². The SMILES string of the molecule is CCC1CCC(C)N1c1nc2ccccn2c1CCN. The molecule has 0 saturated carbocycles. The molecule has 2 aromatic heterocycles.